The van der Waals surface area contributed by atoms with E-state index in [0.717, 1.165) is 25.1 Å². The number of likely N-dealkylation sites (tertiary alicyclic amines) is 1. The Hall–Kier alpha value is -1.43. The fourth-order valence-electron chi connectivity index (χ4n) is 3.29. The Morgan fingerprint density at radius 1 is 1.36 bits per heavy atom. The van der Waals surface area contributed by atoms with Gasteiger partial charge in [0.25, 0.3) is 5.91 Å². The maximum Gasteiger partial charge on any atom is 0.256 e. The number of carbonyl (C=O) groups excluding carboxylic acids is 2. The van der Waals surface area contributed by atoms with Crippen molar-refractivity contribution in [3.05, 3.63) is 0 Å². The molecule has 2 amide bonds. The van der Waals surface area contributed by atoms with Crippen LogP contribution in [-0.2, 0) is 9.59 Å². The summed E-state index contributed by atoms with van der Waals surface area (Å²) in [6.45, 7) is 6.67. The van der Waals surface area contributed by atoms with Crippen LogP contribution < -0.4 is 0 Å². The summed E-state index contributed by atoms with van der Waals surface area (Å²) in [4.78, 5) is 32.8. The molecule has 6 heteroatoms. The summed E-state index contributed by atoms with van der Waals surface area (Å²) < 4.78 is 0. The molecule has 0 aliphatic carbocycles. The van der Waals surface area contributed by atoms with Crippen molar-refractivity contribution in [2.24, 2.45) is 4.99 Å². The molecule has 6 nitrogen and oxygen atoms in total. The predicted octanol–water partition coefficient (Wildman–Crippen LogP) is 1.18. The Bertz CT molecular complexity index is 465. The number of hydrogen-bond acceptors (Lipinski definition) is 4. The number of amides is 2. The lowest BCUT2D eigenvalue weighted by Crippen LogP contribution is -2.52. The summed E-state index contributed by atoms with van der Waals surface area (Å²) in [5.41, 5.74) is -0.681. The first kappa shape index (κ1) is 16.9. The number of carbonyl (C=O) groups is 2. The smallest absolute Gasteiger partial charge is 0.256 e. The van der Waals surface area contributed by atoms with Crippen LogP contribution in [0.5, 0.6) is 0 Å². The second-order valence-electron chi connectivity index (χ2n) is 6.47. The van der Waals surface area contributed by atoms with Crippen LogP contribution in [-0.4, -0.2) is 63.8 Å². The summed E-state index contributed by atoms with van der Waals surface area (Å²) in [5, 5.41) is 8.96. The molecule has 0 aromatic carbocycles. The van der Waals surface area contributed by atoms with Gasteiger partial charge in [-0.2, -0.15) is 0 Å². The lowest BCUT2D eigenvalue weighted by atomic mass is 9.87. The van der Waals surface area contributed by atoms with Crippen LogP contribution in [0.1, 0.15) is 52.9 Å². The van der Waals surface area contributed by atoms with E-state index >= 15 is 0 Å². The van der Waals surface area contributed by atoms with Gasteiger partial charge >= 0.3 is 0 Å². The lowest BCUT2D eigenvalue weighted by Gasteiger charge is -2.36. The van der Waals surface area contributed by atoms with E-state index in [4.69, 9.17) is 10.1 Å². The highest BCUT2D eigenvalue weighted by Crippen LogP contribution is 2.35. The molecule has 0 radical (unpaired) electrons. The van der Waals surface area contributed by atoms with E-state index < -0.39 is 12.1 Å². The van der Waals surface area contributed by atoms with Gasteiger partial charge in [0, 0.05) is 25.6 Å². The minimum absolute atomic E-state index is 0.0877. The number of rotatable bonds is 5. The first-order valence-electron chi connectivity index (χ1n) is 8.26. The van der Waals surface area contributed by atoms with Gasteiger partial charge < -0.3 is 10.0 Å². The van der Waals surface area contributed by atoms with Gasteiger partial charge in [0.05, 0.1) is 0 Å². The molecule has 1 fully saturated rings. The first-order valence-corrected chi connectivity index (χ1v) is 8.26. The third-order valence-corrected chi connectivity index (χ3v) is 4.59. The summed E-state index contributed by atoms with van der Waals surface area (Å²) in [7, 11) is 0. The number of aliphatic imine (C=N–C) groups is 1. The molecule has 1 saturated heterocycles. The molecular formula is C16H27N3O3. The van der Waals surface area contributed by atoms with Gasteiger partial charge in [-0.1, -0.05) is 13.3 Å². The molecule has 22 heavy (non-hydrogen) atoms. The van der Waals surface area contributed by atoms with Gasteiger partial charge in [0.1, 0.15) is 18.0 Å². The fraction of sp³-hybridized carbons (Fsp3) is 0.812. The molecule has 2 aliphatic heterocycles. The molecule has 1 N–H and O–H groups in total. The van der Waals surface area contributed by atoms with Crippen LogP contribution in [0.2, 0.25) is 0 Å². The number of aliphatic hydroxyl groups is 1. The molecule has 124 valence electrons. The Kier molecular flexibility index (Phi) is 5.21. The molecule has 0 atom stereocenters. The monoisotopic (exact) mass is 309 g/mol. The normalized spacial score (nSPS) is 21.0. The van der Waals surface area contributed by atoms with Gasteiger partial charge in [0.15, 0.2) is 0 Å². The standard InChI is InChI=1S/C16H27N3O3/c1-4-5-6-13-17-16(15(22)19(13)12(2)3)7-9-18(10-8-16)14(21)11-20/h12,20H,4-11H2,1-3H3. The van der Waals surface area contributed by atoms with Crippen LogP contribution >= 0.6 is 0 Å². The molecule has 1 spiro atoms. The topological polar surface area (TPSA) is 73.2 Å². The molecule has 0 aromatic heterocycles. The number of aliphatic hydroxyl groups excluding tert-OH is 1. The van der Waals surface area contributed by atoms with Gasteiger partial charge in [-0.15, -0.1) is 0 Å². The van der Waals surface area contributed by atoms with Gasteiger partial charge in [0.2, 0.25) is 5.91 Å². The molecule has 0 aromatic rings. The van der Waals surface area contributed by atoms with Crippen molar-refractivity contribution in [3.63, 3.8) is 0 Å². The third-order valence-electron chi connectivity index (χ3n) is 4.59. The lowest BCUT2D eigenvalue weighted by molar-refractivity contribution is -0.140. The number of hydrogen-bond donors (Lipinski definition) is 1. The maximum absolute atomic E-state index is 12.9. The van der Waals surface area contributed by atoms with E-state index in [1.54, 1.807) is 4.90 Å². The van der Waals surface area contributed by atoms with Crippen LogP contribution in [0.3, 0.4) is 0 Å². The van der Waals surface area contributed by atoms with Gasteiger partial charge in [-0.3, -0.25) is 19.5 Å². The summed E-state index contributed by atoms with van der Waals surface area (Å²) >= 11 is 0. The minimum atomic E-state index is -0.681. The first-order chi connectivity index (χ1) is 10.4. The van der Waals surface area contributed by atoms with E-state index in [-0.39, 0.29) is 17.9 Å². The quantitative estimate of drug-likeness (QED) is 0.829. The van der Waals surface area contributed by atoms with Crippen molar-refractivity contribution in [2.75, 3.05) is 19.7 Å². The molecule has 2 heterocycles. The molecule has 2 aliphatic rings. The number of unbranched alkanes of at least 4 members (excludes halogenated alkanes) is 1. The molecule has 2 rings (SSSR count). The molecule has 0 saturated carbocycles. The summed E-state index contributed by atoms with van der Waals surface area (Å²) in [6.07, 6.45) is 4.04. The van der Waals surface area contributed by atoms with Gasteiger partial charge in [-0.05, 0) is 33.1 Å². The Morgan fingerprint density at radius 3 is 2.50 bits per heavy atom. The third kappa shape index (κ3) is 3.02. The van der Waals surface area contributed by atoms with Crippen molar-refractivity contribution in [3.8, 4) is 0 Å². The fourth-order valence-corrected chi connectivity index (χ4v) is 3.29. The van der Waals surface area contributed by atoms with E-state index in [2.05, 4.69) is 6.92 Å². The Balaban J connectivity index is 2.15. The van der Waals surface area contributed by atoms with Crippen LogP contribution in [0.4, 0.5) is 0 Å². The minimum Gasteiger partial charge on any atom is -0.387 e. The van der Waals surface area contributed by atoms with E-state index in [1.165, 1.54) is 0 Å². The number of nitrogens with zero attached hydrogens (tertiary/aromatic N) is 3. The predicted molar refractivity (Wildman–Crippen MR) is 84.6 cm³/mol. The molecule has 0 bridgehead atoms. The van der Waals surface area contributed by atoms with Crippen molar-refractivity contribution >= 4 is 17.6 Å². The zero-order chi connectivity index (χ0) is 16.3. The average Bonchev–Trinajstić information content (AvgIpc) is 2.77. The molecule has 0 unspecified atom stereocenters. The van der Waals surface area contributed by atoms with E-state index in [9.17, 15) is 9.59 Å². The van der Waals surface area contributed by atoms with E-state index in [1.807, 2.05) is 18.7 Å². The van der Waals surface area contributed by atoms with E-state index in [0.29, 0.717) is 25.9 Å². The summed E-state index contributed by atoms with van der Waals surface area (Å²) in [5.74, 6) is 0.727. The van der Waals surface area contributed by atoms with Crippen molar-refractivity contribution < 1.29 is 14.7 Å². The van der Waals surface area contributed by atoms with Crippen LogP contribution in [0.25, 0.3) is 0 Å². The maximum atomic E-state index is 12.9. The second kappa shape index (κ2) is 6.77. The summed E-state index contributed by atoms with van der Waals surface area (Å²) in [6, 6.07) is 0.111. The highest BCUT2D eigenvalue weighted by Gasteiger charge is 2.50. The largest absolute Gasteiger partial charge is 0.387 e. The van der Waals surface area contributed by atoms with Crippen LogP contribution in [0, 0.1) is 0 Å². The number of piperidine rings is 1. The molecular weight excluding hydrogens is 282 g/mol. The van der Waals surface area contributed by atoms with Crippen LogP contribution in [0.15, 0.2) is 4.99 Å². The Labute approximate surface area is 132 Å². The van der Waals surface area contributed by atoms with Crippen molar-refractivity contribution in [2.45, 2.75) is 64.5 Å². The zero-order valence-corrected chi connectivity index (χ0v) is 13.8. The second-order valence-corrected chi connectivity index (χ2v) is 6.47. The van der Waals surface area contributed by atoms with Crippen molar-refractivity contribution in [1.82, 2.24) is 9.80 Å². The number of amidine groups is 1. The SMILES string of the molecule is CCCCC1=NC2(CCN(C(=O)CO)CC2)C(=O)N1C(C)C. The average molecular weight is 309 g/mol. The van der Waals surface area contributed by atoms with Gasteiger partial charge in [-0.25, -0.2) is 0 Å². The highest BCUT2D eigenvalue weighted by molar-refractivity contribution is 6.08. The zero-order valence-electron chi connectivity index (χ0n) is 13.8. The Morgan fingerprint density at radius 2 is 2.00 bits per heavy atom. The highest BCUT2D eigenvalue weighted by atomic mass is 16.3. The van der Waals surface area contributed by atoms with Crippen molar-refractivity contribution in [1.29, 1.82) is 0 Å².